The average molecular weight is 290 g/mol. The summed E-state index contributed by atoms with van der Waals surface area (Å²) < 4.78 is 11.2. The molecule has 1 saturated carbocycles. The molecule has 0 unspecified atom stereocenters. The van der Waals surface area contributed by atoms with Gasteiger partial charge in [-0.3, -0.25) is 5.41 Å². The maximum absolute atomic E-state index is 7.60. The van der Waals surface area contributed by atoms with Crippen LogP contribution < -0.4 is 10.5 Å². The molecule has 2 rings (SSSR count). The third kappa shape index (κ3) is 4.21. The predicted octanol–water partition coefficient (Wildman–Crippen LogP) is 3.46. The SMILES string of the molecule is COc1ccc(COC2CCC(C)(C)CC2)cc1C(=N)N. The number of methoxy groups -OCH3 is 1. The molecular formula is C17H26N2O2. The van der Waals surface area contributed by atoms with Crippen LogP contribution >= 0.6 is 0 Å². The number of hydrogen-bond acceptors (Lipinski definition) is 3. The fraction of sp³-hybridized carbons (Fsp3) is 0.588. The lowest BCUT2D eigenvalue weighted by Crippen LogP contribution is -2.26. The highest BCUT2D eigenvalue weighted by molar-refractivity contribution is 5.97. The summed E-state index contributed by atoms with van der Waals surface area (Å²) in [6.07, 6.45) is 5.05. The number of ether oxygens (including phenoxy) is 2. The quantitative estimate of drug-likeness (QED) is 0.644. The molecule has 0 atom stereocenters. The van der Waals surface area contributed by atoms with Crippen molar-refractivity contribution >= 4 is 5.84 Å². The van der Waals surface area contributed by atoms with Gasteiger partial charge < -0.3 is 15.2 Å². The minimum Gasteiger partial charge on any atom is -0.496 e. The minimum absolute atomic E-state index is 0.0214. The first-order chi connectivity index (χ1) is 9.91. The second-order valence-electron chi connectivity index (χ2n) is 6.62. The zero-order chi connectivity index (χ0) is 15.5. The Morgan fingerprint density at radius 2 is 2.00 bits per heavy atom. The summed E-state index contributed by atoms with van der Waals surface area (Å²) in [7, 11) is 1.59. The zero-order valence-electron chi connectivity index (χ0n) is 13.2. The highest BCUT2D eigenvalue weighted by atomic mass is 16.5. The van der Waals surface area contributed by atoms with E-state index in [0.717, 1.165) is 18.4 Å². The van der Waals surface area contributed by atoms with Crippen molar-refractivity contribution in [1.82, 2.24) is 0 Å². The lowest BCUT2D eigenvalue weighted by molar-refractivity contribution is -0.00559. The van der Waals surface area contributed by atoms with E-state index in [0.29, 0.717) is 29.4 Å². The normalized spacial score (nSPS) is 18.4. The van der Waals surface area contributed by atoms with Gasteiger partial charge >= 0.3 is 0 Å². The third-order valence-electron chi connectivity index (χ3n) is 4.33. The molecule has 0 bridgehead atoms. The largest absolute Gasteiger partial charge is 0.496 e. The van der Waals surface area contributed by atoms with Crippen molar-refractivity contribution in [2.75, 3.05) is 7.11 Å². The van der Waals surface area contributed by atoms with Gasteiger partial charge in [0.25, 0.3) is 0 Å². The van der Waals surface area contributed by atoms with E-state index < -0.39 is 0 Å². The fourth-order valence-electron chi connectivity index (χ4n) is 2.81. The topological polar surface area (TPSA) is 68.3 Å². The van der Waals surface area contributed by atoms with Crippen LogP contribution in [0.3, 0.4) is 0 Å². The predicted molar refractivity (Wildman–Crippen MR) is 84.8 cm³/mol. The van der Waals surface area contributed by atoms with E-state index in [1.54, 1.807) is 7.11 Å². The molecule has 4 nitrogen and oxygen atoms in total. The molecule has 0 saturated heterocycles. The van der Waals surface area contributed by atoms with Crippen LogP contribution in [0.1, 0.15) is 50.7 Å². The molecule has 4 heteroatoms. The number of amidine groups is 1. The van der Waals surface area contributed by atoms with Crippen molar-refractivity contribution in [2.45, 2.75) is 52.2 Å². The van der Waals surface area contributed by atoms with Gasteiger partial charge in [0.1, 0.15) is 11.6 Å². The van der Waals surface area contributed by atoms with Crippen molar-refractivity contribution in [3.63, 3.8) is 0 Å². The van der Waals surface area contributed by atoms with Gasteiger partial charge in [0, 0.05) is 0 Å². The molecule has 1 aromatic rings. The van der Waals surface area contributed by atoms with Gasteiger partial charge in [-0.25, -0.2) is 0 Å². The average Bonchev–Trinajstić information content (AvgIpc) is 2.45. The Balaban J connectivity index is 1.95. The van der Waals surface area contributed by atoms with Crippen LogP contribution in [-0.2, 0) is 11.3 Å². The molecule has 116 valence electrons. The molecule has 1 aliphatic rings. The molecule has 0 aromatic heterocycles. The highest BCUT2D eigenvalue weighted by Crippen LogP contribution is 2.36. The summed E-state index contributed by atoms with van der Waals surface area (Å²) in [5.74, 6) is 0.652. The van der Waals surface area contributed by atoms with E-state index in [1.807, 2.05) is 18.2 Å². The maximum atomic E-state index is 7.60. The van der Waals surface area contributed by atoms with Crippen LogP contribution in [0.15, 0.2) is 18.2 Å². The Labute approximate surface area is 127 Å². The van der Waals surface area contributed by atoms with E-state index in [-0.39, 0.29) is 5.84 Å². The summed E-state index contributed by atoms with van der Waals surface area (Å²) >= 11 is 0. The second-order valence-corrected chi connectivity index (χ2v) is 6.62. The van der Waals surface area contributed by atoms with Crippen LogP contribution in [0.5, 0.6) is 5.75 Å². The Morgan fingerprint density at radius 1 is 1.33 bits per heavy atom. The number of benzene rings is 1. The van der Waals surface area contributed by atoms with Gasteiger partial charge in [0.05, 0.1) is 25.4 Å². The summed E-state index contributed by atoms with van der Waals surface area (Å²) in [6.45, 7) is 5.22. The number of nitrogen functional groups attached to an aromatic ring is 1. The molecule has 0 heterocycles. The smallest absolute Gasteiger partial charge is 0.129 e. The standard InChI is InChI=1S/C17H26N2O2/c1-17(2)8-6-13(7-9-17)21-11-12-4-5-15(20-3)14(10-12)16(18)19/h4-5,10,13H,6-9,11H2,1-3H3,(H3,18,19). The van der Waals surface area contributed by atoms with E-state index in [9.17, 15) is 0 Å². The second kappa shape index (κ2) is 6.48. The summed E-state index contributed by atoms with van der Waals surface area (Å²) in [4.78, 5) is 0. The van der Waals surface area contributed by atoms with Gasteiger partial charge in [-0.2, -0.15) is 0 Å². The molecular weight excluding hydrogens is 264 g/mol. The Bertz CT molecular complexity index is 502. The van der Waals surface area contributed by atoms with Crippen LogP contribution in [0, 0.1) is 10.8 Å². The van der Waals surface area contributed by atoms with Gasteiger partial charge in [-0.1, -0.05) is 19.9 Å². The van der Waals surface area contributed by atoms with Crippen LogP contribution in [0.4, 0.5) is 0 Å². The highest BCUT2D eigenvalue weighted by Gasteiger charge is 2.27. The fourth-order valence-corrected chi connectivity index (χ4v) is 2.81. The maximum Gasteiger partial charge on any atom is 0.129 e. The lowest BCUT2D eigenvalue weighted by Gasteiger charge is -2.34. The van der Waals surface area contributed by atoms with E-state index in [1.165, 1.54) is 12.8 Å². The van der Waals surface area contributed by atoms with Crippen LogP contribution in [0.25, 0.3) is 0 Å². The van der Waals surface area contributed by atoms with Gasteiger partial charge in [0.15, 0.2) is 0 Å². The van der Waals surface area contributed by atoms with Gasteiger partial charge in [-0.15, -0.1) is 0 Å². The molecule has 0 aliphatic heterocycles. The minimum atomic E-state index is 0.0214. The third-order valence-corrected chi connectivity index (χ3v) is 4.33. The first-order valence-electron chi connectivity index (χ1n) is 7.54. The number of rotatable bonds is 5. The van der Waals surface area contributed by atoms with Crippen molar-refractivity contribution in [2.24, 2.45) is 11.1 Å². The Kier molecular flexibility index (Phi) is 4.88. The van der Waals surface area contributed by atoms with Crippen molar-refractivity contribution in [3.8, 4) is 5.75 Å². The van der Waals surface area contributed by atoms with E-state index >= 15 is 0 Å². The molecule has 1 fully saturated rings. The number of hydrogen-bond donors (Lipinski definition) is 2. The van der Waals surface area contributed by atoms with Crippen molar-refractivity contribution in [3.05, 3.63) is 29.3 Å². The first kappa shape index (κ1) is 15.8. The van der Waals surface area contributed by atoms with E-state index in [4.69, 9.17) is 20.6 Å². The molecule has 1 aliphatic carbocycles. The molecule has 1 aromatic carbocycles. The number of nitrogens with two attached hydrogens (primary N) is 1. The molecule has 0 radical (unpaired) electrons. The summed E-state index contributed by atoms with van der Waals surface area (Å²) in [6, 6.07) is 5.70. The van der Waals surface area contributed by atoms with E-state index in [2.05, 4.69) is 13.8 Å². The number of nitrogens with one attached hydrogen (secondary N) is 1. The van der Waals surface area contributed by atoms with Gasteiger partial charge in [-0.05, 0) is 48.8 Å². The zero-order valence-corrected chi connectivity index (χ0v) is 13.2. The van der Waals surface area contributed by atoms with Crippen molar-refractivity contribution < 1.29 is 9.47 Å². The van der Waals surface area contributed by atoms with Gasteiger partial charge in [0.2, 0.25) is 0 Å². The molecule has 0 spiro atoms. The first-order valence-corrected chi connectivity index (χ1v) is 7.54. The lowest BCUT2D eigenvalue weighted by atomic mass is 9.76. The Morgan fingerprint density at radius 3 is 2.57 bits per heavy atom. The van der Waals surface area contributed by atoms with Crippen molar-refractivity contribution in [1.29, 1.82) is 5.41 Å². The Hall–Kier alpha value is -1.55. The molecule has 21 heavy (non-hydrogen) atoms. The van der Waals surface area contributed by atoms with Crippen LogP contribution in [0.2, 0.25) is 0 Å². The summed E-state index contributed by atoms with van der Waals surface area (Å²) in [5.41, 5.74) is 7.71. The van der Waals surface area contributed by atoms with Crippen LogP contribution in [-0.4, -0.2) is 19.0 Å². The molecule has 0 amide bonds. The molecule has 3 N–H and O–H groups in total. The summed E-state index contributed by atoms with van der Waals surface area (Å²) in [5, 5.41) is 7.60. The monoisotopic (exact) mass is 290 g/mol.